The lowest BCUT2D eigenvalue weighted by Gasteiger charge is -2.28. The first kappa shape index (κ1) is 19.6. The van der Waals surface area contributed by atoms with E-state index in [9.17, 15) is 9.59 Å². The molecule has 3 N–H and O–H groups in total. The number of carbonyl (C=O) groups is 2. The van der Waals surface area contributed by atoms with E-state index < -0.39 is 0 Å². The van der Waals surface area contributed by atoms with Crippen molar-refractivity contribution in [2.45, 2.75) is 13.0 Å². The summed E-state index contributed by atoms with van der Waals surface area (Å²) in [5.41, 5.74) is 2.34. The highest BCUT2D eigenvalue weighted by Gasteiger charge is 2.13. The van der Waals surface area contributed by atoms with Gasteiger partial charge in [0.2, 0.25) is 5.91 Å². The normalized spacial score (nSPS) is 13.7. The highest BCUT2D eigenvalue weighted by molar-refractivity contribution is 5.91. The van der Waals surface area contributed by atoms with Crippen molar-refractivity contribution < 1.29 is 14.3 Å². The lowest BCUT2D eigenvalue weighted by atomic mass is 10.1. The Balaban J connectivity index is 1.57. The second-order valence-corrected chi connectivity index (χ2v) is 6.44. The number of hydrogen-bond donors (Lipinski definition) is 3. The van der Waals surface area contributed by atoms with Gasteiger partial charge in [-0.25, -0.2) is 9.78 Å². The maximum atomic E-state index is 12.3. The Hall–Kier alpha value is -3.13. The van der Waals surface area contributed by atoms with Gasteiger partial charge in [-0.05, 0) is 29.3 Å². The van der Waals surface area contributed by atoms with Crippen molar-refractivity contribution >= 4 is 23.4 Å². The Morgan fingerprint density at radius 1 is 1.18 bits per heavy atom. The average Bonchev–Trinajstić information content (AvgIpc) is 2.74. The van der Waals surface area contributed by atoms with Crippen LogP contribution in [0.4, 0.5) is 16.3 Å². The predicted octanol–water partition coefficient (Wildman–Crippen LogP) is 1.53. The summed E-state index contributed by atoms with van der Waals surface area (Å²) in [6, 6.07) is 10.8. The van der Waals surface area contributed by atoms with Crippen molar-refractivity contribution in [2.24, 2.45) is 0 Å². The minimum Gasteiger partial charge on any atom is -0.378 e. The first-order valence-electron chi connectivity index (χ1n) is 9.26. The summed E-state index contributed by atoms with van der Waals surface area (Å²) in [6.45, 7) is 3.40. The molecule has 0 atom stereocenters. The SMILES string of the molecule is CNC(=O)Cc1ccccc1NC(=O)NCc1ccnc(N2CCOCC2)c1. The highest BCUT2D eigenvalue weighted by Crippen LogP contribution is 2.16. The van der Waals surface area contributed by atoms with E-state index in [4.69, 9.17) is 4.74 Å². The number of benzene rings is 1. The van der Waals surface area contributed by atoms with Gasteiger partial charge in [-0.2, -0.15) is 0 Å². The first-order valence-corrected chi connectivity index (χ1v) is 9.26. The van der Waals surface area contributed by atoms with E-state index in [0.29, 0.717) is 25.4 Å². The van der Waals surface area contributed by atoms with Gasteiger partial charge in [0.25, 0.3) is 0 Å². The van der Waals surface area contributed by atoms with Crippen molar-refractivity contribution in [3.63, 3.8) is 0 Å². The fourth-order valence-electron chi connectivity index (χ4n) is 2.94. The smallest absolute Gasteiger partial charge is 0.319 e. The molecule has 1 aliphatic rings. The fraction of sp³-hybridized carbons (Fsp3) is 0.350. The minimum absolute atomic E-state index is 0.109. The zero-order valence-electron chi connectivity index (χ0n) is 15.9. The summed E-state index contributed by atoms with van der Waals surface area (Å²) in [4.78, 5) is 30.5. The predicted molar refractivity (Wildman–Crippen MR) is 107 cm³/mol. The van der Waals surface area contributed by atoms with E-state index in [2.05, 4.69) is 25.8 Å². The second-order valence-electron chi connectivity index (χ2n) is 6.44. The average molecular weight is 383 g/mol. The molecule has 148 valence electrons. The number of nitrogens with one attached hydrogen (secondary N) is 3. The molecule has 1 fully saturated rings. The van der Waals surface area contributed by atoms with Crippen LogP contribution >= 0.6 is 0 Å². The number of aromatic nitrogens is 1. The van der Waals surface area contributed by atoms with E-state index in [1.54, 1.807) is 19.3 Å². The molecule has 0 aliphatic carbocycles. The molecule has 3 rings (SSSR count). The molecule has 1 saturated heterocycles. The van der Waals surface area contributed by atoms with E-state index in [1.165, 1.54) is 0 Å². The molecule has 0 saturated carbocycles. The Bertz CT molecular complexity index is 821. The zero-order chi connectivity index (χ0) is 19.8. The lowest BCUT2D eigenvalue weighted by Crippen LogP contribution is -2.36. The quantitative estimate of drug-likeness (QED) is 0.703. The molecule has 8 heteroatoms. The Morgan fingerprint density at radius 2 is 1.96 bits per heavy atom. The van der Waals surface area contributed by atoms with Gasteiger partial charge in [-0.15, -0.1) is 0 Å². The number of urea groups is 1. The molecular formula is C20H25N5O3. The third-order valence-corrected chi connectivity index (χ3v) is 4.49. The zero-order valence-corrected chi connectivity index (χ0v) is 15.9. The largest absolute Gasteiger partial charge is 0.378 e. The van der Waals surface area contributed by atoms with Crippen LogP contribution < -0.4 is 20.9 Å². The van der Waals surface area contributed by atoms with Crippen LogP contribution in [-0.2, 0) is 22.5 Å². The second kappa shape index (κ2) is 9.70. The maximum absolute atomic E-state index is 12.3. The Kier molecular flexibility index (Phi) is 6.80. The van der Waals surface area contributed by atoms with Gasteiger partial charge in [-0.1, -0.05) is 18.2 Å². The monoisotopic (exact) mass is 383 g/mol. The van der Waals surface area contributed by atoms with Crippen LogP contribution in [0.5, 0.6) is 0 Å². The summed E-state index contributed by atoms with van der Waals surface area (Å²) in [5, 5.41) is 8.25. The van der Waals surface area contributed by atoms with Gasteiger partial charge < -0.3 is 25.6 Å². The molecule has 0 bridgehead atoms. The lowest BCUT2D eigenvalue weighted by molar-refractivity contribution is -0.119. The number of anilines is 2. The number of hydrogen-bond acceptors (Lipinski definition) is 5. The first-order chi connectivity index (χ1) is 13.7. The molecule has 28 heavy (non-hydrogen) atoms. The van der Waals surface area contributed by atoms with E-state index in [0.717, 1.165) is 30.0 Å². The van der Waals surface area contributed by atoms with Gasteiger partial charge >= 0.3 is 6.03 Å². The number of likely N-dealkylation sites (N-methyl/N-ethyl adjacent to an activating group) is 1. The summed E-state index contributed by atoms with van der Waals surface area (Å²) in [5.74, 6) is 0.779. The molecule has 1 aliphatic heterocycles. The Morgan fingerprint density at radius 3 is 2.75 bits per heavy atom. The standard InChI is InChI=1S/C20H25N5O3/c1-21-19(26)13-16-4-2-3-5-17(16)24-20(27)23-14-15-6-7-22-18(12-15)25-8-10-28-11-9-25/h2-7,12H,8-11,13-14H2,1H3,(H,21,26)(H2,23,24,27). The van der Waals surface area contributed by atoms with Crippen molar-refractivity contribution in [3.05, 3.63) is 53.7 Å². The van der Waals surface area contributed by atoms with Crippen LogP contribution in [0, 0.1) is 0 Å². The third kappa shape index (κ3) is 5.43. The van der Waals surface area contributed by atoms with Gasteiger partial charge in [0, 0.05) is 38.6 Å². The molecule has 0 unspecified atom stereocenters. The molecule has 1 aromatic heterocycles. The van der Waals surface area contributed by atoms with Crippen LogP contribution in [0.15, 0.2) is 42.6 Å². The van der Waals surface area contributed by atoms with Gasteiger partial charge in [0.1, 0.15) is 5.82 Å². The fourth-order valence-corrected chi connectivity index (χ4v) is 2.94. The van der Waals surface area contributed by atoms with E-state index in [-0.39, 0.29) is 18.4 Å². The van der Waals surface area contributed by atoms with Crippen LogP contribution in [0.25, 0.3) is 0 Å². The Labute approximate surface area is 164 Å². The molecule has 0 spiro atoms. The molecule has 3 amide bonds. The van der Waals surface area contributed by atoms with Gasteiger partial charge in [-0.3, -0.25) is 4.79 Å². The summed E-state index contributed by atoms with van der Waals surface area (Å²) < 4.78 is 5.37. The van der Waals surface area contributed by atoms with Crippen LogP contribution in [-0.4, -0.2) is 50.3 Å². The summed E-state index contributed by atoms with van der Waals surface area (Å²) in [6.07, 6.45) is 1.96. The van der Waals surface area contributed by atoms with Crippen molar-refractivity contribution in [1.29, 1.82) is 0 Å². The molecular weight excluding hydrogens is 358 g/mol. The van der Waals surface area contributed by atoms with Crippen LogP contribution in [0.2, 0.25) is 0 Å². The van der Waals surface area contributed by atoms with E-state index >= 15 is 0 Å². The minimum atomic E-state index is -0.325. The van der Waals surface area contributed by atoms with Crippen LogP contribution in [0.3, 0.4) is 0 Å². The molecule has 1 aromatic carbocycles. The number of para-hydroxylation sites is 1. The molecule has 8 nitrogen and oxygen atoms in total. The molecule has 2 heterocycles. The number of carbonyl (C=O) groups excluding carboxylic acids is 2. The summed E-state index contributed by atoms with van der Waals surface area (Å²) in [7, 11) is 1.59. The number of amides is 3. The van der Waals surface area contributed by atoms with Gasteiger partial charge in [0.05, 0.1) is 19.6 Å². The molecule has 2 aromatic rings. The van der Waals surface area contributed by atoms with Crippen LogP contribution in [0.1, 0.15) is 11.1 Å². The van der Waals surface area contributed by atoms with Gasteiger partial charge in [0.15, 0.2) is 0 Å². The van der Waals surface area contributed by atoms with E-state index in [1.807, 2.05) is 30.3 Å². The number of morpholine rings is 1. The highest BCUT2D eigenvalue weighted by atomic mass is 16.5. The third-order valence-electron chi connectivity index (χ3n) is 4.49. The maximum Gasteiger partial charge on any atom is 0.319 e. The number of pyridine rings is 1. The number of rotatable bonds is 6. The summed E-state index contributed by atoms with van der Waals surface area (Å²) >= 11 is 0. The molecule has 0 radical (unpaired) electrons. The van der Waals surface area contributed by atoms with Crippen molar-refractivity contribution in [1.82, 2.24) is 15.6 Å². The van der Waals surface area contributed by atoms with Crippen molar-refractivity contribution in [3.8, 4) is 0 Å². The van der Waals surface area contributed by atoms with Crippen molar-refractivity contribution in [2.75, 3.05) is 43.6 Å². The number of ether oxygens (including phenoxy) is 1. The number of nitrogens with zero attached hydrogens (tertiary/aromatic N) is 2. The topological polar surface area (TPSA) is 95.6 Å².